The van der Waals surface area contributed by atoms with E-state index in [1.807, 2.05) is 28.7 Å². The fourth-order valence-corrected chi connectivity index (χ4v) is 3.54. The topological polar surface area (TPSA) is 64.7 Å². The van der Waals surface area contributed by atoms with E-state index < -0.39 is 0 Å². The summed E-state index contributed by atoms with van der Waals surface area (Å²) in [4.78, 5) is 12.8. The summed E-state index contributed by atoms with van der Waals surface area (Å²) >= 11 is 0. The smallest absolute Gasteiger partial charge is 0.272 e. The van der Waals surface area contributed by atoms with Crippen molar-refractivity contribution in [1.29, 1.82) is 0 Å². The lowest BCUT2D eigenvalue weighted by Crippen LogP contribution is -2.32. The summed E-state index contributed by atoms with van der Waals surface area (Å²) in [7, 11) is 1.96. The van der Waals surface area contributed by atoms with Crippen LogP contribution >= 0.6 is 0 Å². The number of rotatable bonds is 3. The van der Waals surface area contributed by atoms with Crippen LogP contribution in [0.15, 0.2) is 12.3 Å². The predicted molar refractivity (Wildman–Crippen MR) is 97.7 cm³/mol. The summed E-state index contributed by atoms with van der Waals surface area (Å²) in [6.07, 6.45) is 4.91. The average molecular weight is 343 g/mol. The molecule has 0 aromatic carbocycles. The molecule has 1 aliphatic rings. The Hall–Kier alpha value is -2.11. The molecule has 3 rings (SSSR count). The van der Waals surface area contributed by atoms with Crippen LogP contribution in [0, 0.1) is 0 Å². The summed E-state index contributed by atoms with van der Waals surface area (Å²) in [5.74, 6) is 0.208. The fourth-order valence-electron chi connectivity index (χ4n) is 3.54. The zero-order valence-electron chi connectivity index (χ0n) is 16.1. The highest BCUT2D eigenvalue weighted by Crippen LogP contribution is 2.30. The first-order valence-electron chi connectivity index (χ1n) is 9.10. The molecule has 0 radical (unpaired) electrons. The minimum Gasteiger partial charge on any atom is -0.344 e. The van der Waals surface area contributed by atoms with Crippen LogP contribution in [0.5, 0.6) is 0 Å². The Labute approximate surface area is 149 Å². The fraction of sp³-hybridized carbons (Fsp3) is 0.632. The Kier molecular flexibility index (Phi) is 4.47. The van der Waals surface area contributed by atoms with Gasteiger partial charge in [-0.1, -0.05) is 13.8 Å². The molecule has 136 valence electrons. The van der Waals surface area contributed by atoms with E-state index in [0.29, 0.717) is 11.6 Å². The molecule has 1 aliphatic carbocycles. The van der Waals surface area contributed by atoms with Gasteiger partial charge in [-0.15, -0.1) is 0 Å². The zero-order chi connectivity index (χ0) is 18.4. The summed E-state index contributed by atoms with van der Waals surface area (Å²) in [6.45, 7) is 10.6. The Morgan fingerprint density at radius 1 is 1.36 bits per heavy atom. The maximum absolute atomic E-state index is 12.8. The summed E-state index contributed by atoms with van der Waals surface area (Å²) in [5.41, 5.74) is 3.79. The van der Waals surface area contributed by atoms with Gasteiger partial charge in [-0.2, -0.15) is 10.2 Å². The van der Waals surface area contributed by atoms with Gasteiger partial charge in [-0.3, -0.25) is 14.2 Å². The molecule has 0 unspecified atom stereocenters. The number of hydrogen-bond donors (Lipinski definition) is 1. The van der Waals surface area contributed by atoms with Gasteiger partial charge < -0.3 is 5.32 Å². The number of fused-ring (bicyclic) bond motifs is 1. The van der Waals surface area contributed by atoms with Crippen LogP contribution in [0.4, 0.5) is 0 Å². The van der Waals surface area contributed by atoms with Gasteiger partial charge in [0.2, 0.25) is 0 Å². The summed E-state index contributed by atoms with van der Waals surface area (Å²) < 4.78 is 3.89. The number of aromatic nitrogens is 4. The Morgan fingerprint density at radius 3 is 2.68 bits per heavy atom. The molecule has 25 heavy (non-hydrogen) atoms. The molecule has 6 nitrogen and oxygen atoms in total. The highest BCUT2D eigenvalue weighted by Gasteiger charge is 2.28. The van der Waals surface area contributed by atoms with Crippen molar-refractivity contribution < 1.29 is 4.79 Å². The molecule has 6 heteroatoms. The number of nitrogens with one attached hydrogen (secondary N) is 1. The monoisotopic (exact) mass is 343 g/mol. The summed E-state index contributed by atoms with van der Waals surface area (Å²) in [6, 6.07) is 1.95. The average Bonchev–Trinajstić information content (AvgIpc) is 3.12. The number of hydrogen-bond acceptors (Lipinski definition) is 3. The highest BCUT2D eigenvalue weighted by atomic mass is 16.2. The first-order chi connectivity index (χ1) is 11.7. The Morgan fingerprint density at radius 2 is 2.08 bits per heavy atom. The third-order valence-corrected chi connectivity index (χ3v) is 4.88. The van der Waals surface area contributed by atoms with Gasteiger partial charge in [-0.25, -0.2) is 0 Å². The van der Waals surface area contributed by atoms with E-state index in [1.54, 1.807) is 0 Å². The molecule has 0 fully saturated rings. The Balaban J connectivity index is 1.85. The van der Waals surface area contributed by atoms with Crippen molar-refractivity contribution >= 4 is 5.91 Å². The quantitative estimate of drug-likeness (QED) is 0.930. The summed E-state index contributed by atoms with van der Waals surface area (Å²) in [5, 5.41) is 12.1. The van der Waals surface area contributed by atoms with Crippen molar-refractivity contribution in [3.63, 3.8) is 0 Å². The van der Waals surface area contributed by atoms with Gasteiger partial charge in [0.25, 0.3) is 5.91 Å². The van der Waals surface area contributed by atoms with Gasteiger partial charge in [0, 0.05) is 24.0 Å². The van der Waals surface area contributed by atoms with Crippen LogP contribution in [0.1, 0.15) is 86.9 Å². The lowest BCUT2D eigenvalue weighted by atomic mass is 9.93. The van der Waals surface area contributed by atoms with Gasteiger partial charge >= 0.3 is 0 Å². The molecule has 0 bridgehead atoms. The van der Waals surface area contributed by atoms with Crippen molar-refractivity contribution in [2.75, 3.05) is 0 Å². The number of aryl methyl sites for hydroxylation is 1. The molecule has 1 amide bonds. The van der Waals surface area contributed by atoms with Gasteiger partial charge in [0.15, 0.2) is 0 Å². The molecule has 0 saturated heterocycles. The largest absolute Gasteiger partial charge is 0.344 e. The van der Waals surface area contributed by atoms with Crippen molar-refractivity contribution in [2.24, 2.45) is 7.05 Å². The lowest BCUT2D eigenvalue weighted by Gasteiger charge is -2.24. The van der Waals surface area contributed by atoms with Crippen LogP contribution in [0.2, 0.25) is 0 Å². The SMILES string of the molecule is CC(C)c1cc(C(=O)N[C@@H]2CCCc3c2cnn3C)nn1C(C)(C)C. The first-order valence-corrected chi connectivity index (χ1v) is 9.10. The molecule has 2 heterocycles. The van der Waals surface area contributed by atoms with E-state index in [0.717, 1.165) is 30.5 Å². The standard InChI is InChI=1S/C19H29N5O/c1-12(2)17-10-15(22-24(17)19(3,4)5)18(25)21-14-8-7-9-16-13(14)11-20-23(16)6/h10-12,14H,7-9H2,1-6H3,(H,21,25)/t14-/m1/s1. The molecule has 1 atom stereocenters. The maximum Gasteiger partial charge on any atom is 0.272 e. The lowest BCUT2D eigenvalue weighted by molar-refractivity contribution is 0.0926. The molecular formula is C19H29N5O. The second-order valence-electron chi connectivity index (χ2n) is 8.28. The normalized spacial score (nSPS) is 17.6. The molecule has 1 N–H and O–H groups in total. The Bertz CT molecular complexity index is 778. The van der Waals surface area contributed by atoms with E-state index in [2.05, 4.69) is 50.1 Å². The molecule has 0 aliphatic heterocycles. The van der Waals surface area contributed by atoms with Gasteiger partial charge in [0.1, 0.15) is 5.69 Å². The molecule has 2 aromatic heterocycles. The van der Waals surface area contributed by atoms with Crippen molar-refractivity contribution in [3.05, 3.63) is 34.9 Å². The van der Waals surface area contributed by atoms with Crippen LogP contribution in [-0.4, -0.2) is 25.5 Å². The maximum atomic E-state index is 12.8. The van der Waals surface area contributed by atoms with E-state index in [9.17, 15) is 4.79 Å². The van der Waals surface area contributed by atoms with E-state index in [-0.39, 0.29) is 17.5 Å². The second kappa shape index (κ2) is 6.32. The highest BCUT2D eigenvalue weighted by molar-refractivity contribution is 5.92. The molecule has 2 aromatic rings. The van der Waals surface area contributed by atoms with E-state index >= 15 is 0 Å². The van der Waals surface area contributed by atoms with Gasteiger partial charge in [-0.05, 0) is 52.0 Å². The van der Waals surface area contributed by atoms with E-state index in [1.165, 1.54) is 5.69 Å². The molecule has 0 spiro atoms. The minimum absolute atomic E-state index is 0.0206. The van der Waals surface area contributed by atoms with Crippen LogP contribution in [0.25, 0.3) is 0 Å². The molecular weight excluding hydrogens is 314 g/mol. The third kappa shape index (κ3) is 3.34. The van der Waals surface area contributed by atoms with Crippen molar-refractivity contribution in [2.45, 2.75) is 71.4 Å². The first kappa shape index (κ1) is 17.7. The minimum atomic E-state index is -0.153. The molecule has 0 saturated carbocycles. The van der Waals surface area contributed by atoms with Crippen LogP contribution in [0.3, 0.4) is 0 Å². The number of nitrogens with zero attached hydrogens (tertiary/aromatic N) is 4. The van der Waals surface area contributed by atoms with Crippen LogP contribution in [-0.2, 0) is 19.0 Å². The number of carbonyl (C=O) groups excluding carboxylic acids is 1. The number of carbonyl (C=O) groups is 1. The van der Waals surface area contributed by atoms with Gasteiger partial charge in [0.05, 0.1) is 17.8 Å². The third-order valence-electron chi connectivity index (χ3n) is 4.88. The zero-order valence-corrected chi connectivity index (χ0v) is 16.1. The van der Waals surface area contributed by atoms with Crippen LogP contribution < -0.4 is 5.32 Å². The number of amides is 1. The predicted octanol–water partition coefficient (Wildman–Crippen LogP) is 3.30. The second-order valence-corrected chi connectivity index (χ2v) is 8.28. The van der Waals surface area contributed by atoms with Crippen molar-refractivity contribution in [1.82, 2.24) is 24.9 Å². The van der Waals surface area contributed by atoms with Crippen molar-refractivity contribution in [3.8, 4) is 0 Å². The van der Waals surface area contributed by atoms with E-state index in [4.69, 9.17) is 0 Å².